The average molecular weight is 601 g/mol. The SMILES string of the molecule is O=C(N[C@H]1CCCCC/C=C\[C@@H]2C[C@@]2(C(=O)O)NC(=O)[C@@H]2C[C@@H](OC(=O)N3Cc4ccccc4C3)CN2C1=O)OCCF. The van der Waals surface area contributed by atoms with E-state index in [9.17, 15) is 33.5 Å². The maximum atomic E-state index is 13.9. The number of carboxylic acid groups (broad SMARTS) is 1. The maximum Gasteiger partial charge on any atom is 0.410 e. The number of alkyl carbamates (subject to hydrolysis) is 1. The third-order valence-corrected chi connectivity index (χ3v) is 8.59. The van der Waals surface area contributed by atoms with Gasteiger partial charge in [0.2, 0.25) is 11.8 Å². The van der Waals surface area contributed by atoms with Crippen molar-refractivity contribution in [3.8, 4) is 0 Å². The van der Waals surface area contributed by atoms with Crippen molar-refractivity contribution in [2.75, 3.05) is 19.8 Å². The fourth-order valence-corrected chi connectivity index (χ4v) is 6.14. The van der Waals surface area contributed by atoms with E-state index >= 15 is 0 Å². The van der Waals surface area contributed by atoms with Crippen LogP contribution >= 0.6 is 0 Å². The molecule has 0 radical (unpaired) electrons. The van der Waals surface area contributed by atoms with Crippen LogP contribution in [-0.4, -0.2) is 88.4 Å². The zero-order valence-corrected chi connectivity index (χ0v) is 23.8. The number of benzene rings is 1. The Bertz CT molecular complexity index is 1270. The van der Waals surface area contributed by atoms with E-state index in [1.165, 1.54) is 9.80 Å². The van der Waals surface area contributed by atoms with Gasteiger partial charge < -0.3 is 30.1 Å². The zero-order chi connectivity index (χ0) is 30.6. The topological polar surface area (TPSA) is 155 Å². The Labute approximate surface area is 248 Å². The first kappa shape index (κ1) is 30.3. The number of hydrogen-bond donors (Lipinski definition) is 3. The third-order valence-electron chi connectivity index (χ3n) is 8.59. The van der Waals surface area contributed by atoms with Crippen LogP contribution in [0.15, 0.2) is 36.4 Å². The van der Waals surface area contributed by atoms with Gasteiger partial charge in [-0.15, -0.1) is 0 Å². The molecule has 5 atom stereocenters. The molecule has 0 spiro atoms. The number of nitrogens with zero attached hydrogens (tertiary/aromatic N) is 2. The van der Waals surface area contributed by atoms with Crippen molar-refractivity contribution in [2.24, 2.45) is 5.92 Å². The molecule has 232 valence electrons. The fourth-order valence-electron chi connectivity index (χ4n) is 6.14. The summed E-state index contributed by atoms with van der Waals surface area (Å²) < 4.78 is 23.1. The Morgan fingerprint density at radius 2 is 1.86 bits per heavy atom. The number of carbonyl (C=O) groups excluding carboxylic acids is 4. The average Bonchev–Trinajstić information content (AvgIpc) is 3.30. The molecule has 0 bridgehead atoms. The van der Waals surface area contributed by atoms with Crippen LogP contribution < -0.4 is 10.6 Å². The van der Waals surface area contributed by atoms with E-state index in [-0.39, 0.29) is 31.7 Å². The Morgan fingerprint density at radius 3 is 2.56 bits per heavy atom. The molecule has 13 heteroatoms. The summed E-state index contributed by atoms with van der Waals surface area (Å²) in [6, 6.07) is 5.43. The number of fused-ring (bicyclic) bond motifs is 3. The first-order valence-corrected chi connectivity index (χ1v) is 14.8. The lowest BCUT2D eigenvalue weighted by molar-refractivity contribution is -0.145. The van der Waals surface area contributed by atoms with Gasteiger partial charge >= 0.3 is 18.2 Å². The molecule has 3 aliphatic heterocycles. The molecular formula is C30H37FN4O8. The Balaban J connectivity index is 1.35. The van der Waals surface area contributed by atoms with Crippen LogP contribution in [0.4, 0.5) is 14.0 Å². The van der Waals surface area contributed by atoms with Gasteiger partial charge in [0.15, 0.2) is 0 Å². The van der Waals surface area contributed by atoms with Gasteiger partial charge in [0.25, 0.3) is 0 Å². The van der Waals surface area contributed by atoms with Crippen LogP contribution in [0.5, 0.6) is 0 Å². The van der Waals surface area contributed by atoms with Crippen LogP contribution in [0.2, 0.25) is 0 Å². The molecule has 43 heavy (non-hydrogen) atoms. The predicted molar refractivity (Wildman–Crippen MR) is 149 cm³/mol. The first-order chi connectivity index (χ1) is 20.7. The third kappa shape index (κ3) is 6.75. The molecular weight excluding hydrogens is 563 g/mol. The number of aliphatic carboxylic acids is 1. The van der Waals surface area contributed by atoms with E-state index < -0.39 is 67.0 Å². The van der Waals surface area contributed by atoms with Crippen LogP contribution in [0.1, 0.15) is 56.1 Å². The van der Waals surface area contributed by atoms with E-state index in [4.69, 9.17) is 9.47 Å². The van der Waals surface area contributed by atoms with Crippen molar-refractivity contribution in [2.45, 2.75) is 81.8 Å². The normalized spacial score (nSPS) is 29.6. The van der Waals surface area contributed by atoms with Gasteiger partial charge in [-0.25, -0.2) is 18.8 Å². The maximum absolute atomic E-state index is 13.9. The van der Waals surface area contributed by atoms with E-state index in [1.807, 2.05) is 36.4 Å². The number of allylic oxidation sites excluding steroid dienone is 1. The molecule has 4 aliphatic rings. The number of carboxylic acids is 1. The lowest BCUT2D eigenvalue weighted by Gasteiger charge is -2.29. The zero-order valence-electron chi connectivity index (χ0n) is 23.8. The van der Waals surface area contributed by atoms with Gasteiger partial charge in [-0.05, 0) is 36.8 Å². The number of hydrogen-bond acceptors (Lipinski definition) is 7. The van der Waals surface area contributed by atoms with Gasteiger partial charge in [-0.2, -0.15) is 0 Å². The molecule has 0 aromatic heterocycles. The van der Waals surface area contributed by atoms with Crippen molar-refractivity contribution in [1.82, 2.24) is 20.4 Å². The van der Waals surface area contributed by atoms with Gasteiger partial charge in [-0.3, -0.25) is 14.5 Å². The summed E-state index contributed by atoms with van der Waals surface area (Å²) in [5.74, 6) is -2.81. The molecule has 2 fully saturated rings. The van der Waals surface area contributed by atoms with Gasteiger partial charge in [0.05, 0.1) is 6.54 Å². The first-order valence-electron chi connectivity index (χ1n) is 14.8. The molecule has 5 rings (SSSR count). The Morgan fingerprint density at radius 1 is 1.12 bits per heavy atom. The highest BCUT2D eigenvalue weighted by Crippen LogP contribution is 2.45. The van der Waals surface area contributed by atoms with Gasteiger partial charge in [0, 0.05) is 25.4 Å². The Kier molecular flexibility index (Phi) is 9.16. The summed E-state index contributed by atoms with van der Waals surface area (Å²) >= 11 is 0. The minimum absolute atomic E-state index is 0.0423. The predicted octanol–water partition coefficient (Wildman–Crippen LogP) is 2.65. The van der Waals surface area contributed by atoms with Crippen LogP contribution in [-0.2, 0) is 36.9 Å². The lowest BCUT2D eigenvalue weighted by Crippen LogP contribution is -2.56. The number of amides is 4. The van der Waals surface area contributed by atoms with Crippen LogP contribution in [0.25, 0.3) is 0 Å². The summed E-state index contributed by atoms with van der Waals surface area (Å²) in [6.07, 6.45) is 4.57. The standard InChI is InChI=1S/C30H37FN4O8/c31-12-13-42-28(40)32-23-11-5-3-1-2-4-10-21-15-30(21,27(38)39)33-25(36)24-14-22(18-35(24)26(23)37)43-29(41)34-16-19-8-6-7-9-20(19)17-34/h4,6-10,21-24H,1-3,5,11-18H2,(H,32,40)(H,33,36)(H,38,39)/b10-4-/t21-,22-,23+,24+,30-/m1/s1. The van der Waals surface area contributed by atoms with Crippen molar-refractivity contribution < 1.29 is 42.9 Å². The monoisotopic (exact) mass is 600 g/mol. The van der Waals surface area contributed by atoms with Crippen LogP contribution in [0.3, 0.4) is 0 Å². The van der Waals surface area contributed by atoms with Crippen molar-refractivity contribution >= 4 is 30.0 Å². The number of ether oxygens (including phenoxy) is 2. The summed E-state index contributed by atoms with van der Waals surface area (Å²) in [6.45, 7) is -0.723. The minimum atomic E-state index is -1.48. The highest BCUT2D eigenvalue weighted by molar-refractivity contribution is 5.96. The molecule has 12 nitrogen and oxygen atoms in total. The second kappa shape index (κ2) is 13.0. The second-order valence-corrected chi connectivity index (χ2v) is 11.5. The van der Waals surface area contributed by atoms with E-state index in [2.05, 4.69) is 10.6 Å². The quantitative estimate of drug-likeness (QED) is 0.436. The van der Waals surface area contributed by atoms with E-state index in [1.54, 1.807) is 0 Å². The lowest BCUT2D eigenvalue weighted by atomic mass is 10.1. The van der Waals surface area contributed by atoms with Crippen molar-refractivity contribution in [3.63, 3.8) is 0 Å². The summed E-state index contributed by atoms with van der Waals surface area (Å²) in [4.78, 5) is 67.9. The summed E-state index contributed by atoms with van der Waals surface area (Å²) in [5, 5.41) is 15.2. The van der Waals surface area contributed by atoms with Gasteiger partial charge in [-0.1, -0.05) is 49.3 Å². The molecule has 1 aromatic rings. The molecule has 1 aliphatic carbocycles. The molecule has 1 saturated heterocycles. The molecule has 4 amide bonds. The fraction of sp³-hybridized carbons (Fsp3) is 0.567. The largest absolute Gasteiger partial charge is 0.479 e. The number of halogens is 1. The van der Waals surface area contributed by atoms with Crippen LogP contribution in [0, 0.1) is 5.92 Å². The molecule has 0 unspecified atom stereocenters. The number of carbonyl (C=O) groups is 5. The molecule has 1 saturated carbocycles. The minimum Gasteiger partial charge on any atom is -0.479 e. The highest BCUT2D eigenvalue weighted by Gasteiger charge is 2.61. The smallest absolute Gasteiger partial charge is 0.410 e. The van der Waals surface area contributed by atoms with E-state index in [0.29, 0.717) is 25.9 Å². The van der Waals surface area contributed by atoms with Gasteiger partial charge in [0.1, 0.15) is 37.0 Å². The molecule has 3 heterocycles. The van der Waals surface area contributed by atoms with E-state index in [0.717, 1.165) is 24.0 Å². The molecule has 1 aromatic carbocycles. The number of rotatable bonds is 5. The highest BCUT2D eigenvalue weighted by atomic mass is 19.1. The van der Waals surface area contributed by atoms with Crippen molar-refractivity contribution in [1.29, 1.82) is 0 Å². The summed E-state index contributed by atoms with van der Waals surface area (Å²) in [7, 11) is 0. The number of nitrogens with one attached hydrogen (secondary N) is 2. The Hall–Kier alpha value is -4.16. The number of alkyl halides is 1. The molecule has 3 N–H and O–H groups in total. The summed E-state index contributed by atoms with van der Waals surface area (Å²) in [5.41, 5.74) is 0.536. The second-order valence-electron chi connectivity index (χ2n) is 11.5. The van der Waals surface area contributed by atoms with Crippen molar-refractivity contribution in [3.05, 3.63) is 47.5 Å².